The molecule has 1 aliphatic heterocycles. The smallest absolute Gasteiger partial charge is 0.166 e. The van der Waals surface area contributed by atoms with Crippen molar-refractivity contribution in [2.45, 2.75) is 18.9 Å². The zero-order valence-corrected chi connectivity index (χ0v) is 17.0. The van der Waals surface area contributed by atoms with Gasteiger partial charge < -0.3 is 19.1 Å². The molecular weight excluding hydrogens is 373 g/mol. The van der Waals surface area contributed by atoms with Crippen LogP contribution >= 0.6 is 0 Å². The van der Waals surface area contributed by atoms with Crippen LogP contribution in [0.4, 0.5) is 4.39 Å². The number of Topliss-reactive ketones (excluding diaryl/α,β-unsaturated/α-hetero) is 1. The van der Waals surface area contributed by atoms with E-state index in [0.29, 0.717) is 12.2 Å². The lowest BCUT2D eigenvalue weighted by Crippen LogP contribution is -2.42. The summed E-state index contributed by atoms with van der Waals surface area (Å²) in [6.07, 6.45) is 1.54. The molecule has 1 atom stereocenters. The second-order valence-electron chi connectivity index (χ2n) is 7.29. The SMILES string of the molecule is COc1ccc(OCC(CN2CCC(C(=O)c3ccc(F)cc3)CC2)OC)cc1. The van der Waals surface area contributed by atoms with Crippen LogP contribution in [-0.2, 0) is 4.74 Å². The Balaban J connectivity index is 1.44. The van der Waals surface area contributed by atoms with Crippen LogP contribution in [0.1, 0.15) is 23.2 Å². The summed E-state index contributed by atoms with van der Waals surface area (Å²) in [5.41, 5.74) is 0.590. The minimum absolute atomic E-state index is 0.00625. The standard InChI is InChI=1S/C23H28FNO4/c1-27-20-7-9-21(10-8-20)29-16-22(28-2)15-25-13-11-18(12-14-25)23(26)17-3-5-19(24)6-4-17/h3-10,18,22H,11-16H2,1-2H3. The molecular formula is C23H28FNO4. The molecule has 0 aromatic heterocycles. The molecule has 5 nitrogen and oxygen atoms in total. The van der Waals surface area contributed by atoms with Crippen molar-refractivity contribution in [2.24, 2.45) is 5.92 Å². The number of carbonyl (C=O) groups excluding carboxylic acids is 1. The maximum Gasteiger partial charge on any atom is 0.166 e. The van der Waals surface area contributed by atoms with Gasteiger partial charge in [0.25, 0.3) is 0 Å². The Labute approximate surface area is 171 Å². The van der Waals surface area contributed by atoms with Gasteiger partial charge in [-0.25, -0.2) is 4.39 Å². The van der Waals surface area contributed by atoms with Crippen molar-refractivity contribution in [1.29, 1.82) is 0 Å². The Morgan fingerprint density at radius 1 is 1.03 bits per heavy atom. The van der Waals surface area contributed by atoms with E-state index >= 15 is 0 Å². The van der Waals surface area contributed by atoms with Crippen LogP contribution in [0.25, 0.3) is 0 Å². The predicted molar refractivity (Wildman–Crippen MR) is 109 cm³/mol. The van der Waals surface area contributed by atoms with Gasteiger partial charge >= 0.3 is 0 Å². The van der Waals surface area contributed by atoms with Gasteiger partial charge in [-0.05, 0) is 74.5 Å². The molecule has 3 rings (SSSR count). The Bertz CT molecular complexity index is 770. The van der Waals surface area contributed by atoms with Gasteiger partial charge in [0, 0.05) is 25.1 Å². The van der Waals surface area contributed by atoms with Gasteiger partial charge in [-0.3, -0.25) is 4.79 Å². The first kappa shape index (κ1) is 21.3. The minimum Gasteiger partial charge on any atom is -0.497 e. The van der Waals surface area contributed by atoms with Crippen LogP contribution in [0.2, 0.25) is 0 Å². The van der Waals surface area contributed by atoms with E-state index in [-0.39, 0.29) is 23.6 Å². The third-order valence-corrected chi connectivity index (χ3v) is 5.38. The van der Waals surface area contributed by atoms with E-state index in [1.165, 1.54) is 12.1 Å². The highest BCUT2D eigenvalue weighted by Crippen LogP contribution is 2.23. The number of hydrogen-bond donors (Lipinski definition) is 0. The van der Waals surface area contributed by atoms with Gasteiger partial charge in [-0.1, -0.05) is 0 Å². The maximum atomic E-state index is 13.1. The second-order valence-corrected chi connectivity index (χ2v) is 7.29. The number of piperidine rings is 1. The molecule has 1 heterocycles. The van der Waals surface area contributed by atoms with Gasteiger partial charge in [0.2, 0.25) is 0 Å². The fraction of sp³-hybridized carbons (Fsp3) is 0.435. The van der Waals surface area contributed by atoms with E-state index in [9.17, 15) is 9.18 Å². The molecule has 0 radical (unpaired) electrons. The molecule has 1 saturated heterocycles. The normalized spacial score (nSPS) is 16.4. The number of benzene rings is 2. The molecule has 0 saturated carbocycles. The highest BCUT2D eigenvalue weighted by molar-refractivity contribution is 5.97. The van der Waals surface area contributed by atoms with Crippen LogP contribution in [0.5, 0.6) is 11.5 Å². The lowest BCUT2D eigenvalue weighted by atomic mass is 9.89. The monoisotopic (exact) mass is 401 g/mol. The number of ether oxygens (including phenoxy) is 3. The van der Waals surface area contributed by atoms with Crippen molar-refractivity contribution in [3.8, 4) is 11.5 Å². The van der Waals surface area contributed by atoms with Gasteiger partial charge in [0.15, 0.2) is 5.78 Å². The summed E-state index contributed by atoms with van der Waals surface area (Å²) >= 11 is 0. The zero-order chi connectivity index (χ0) is 20.6. The Hall–Kier alpha value is -2.44. The molecule has 0 bridgehead atoms. The lowest BCUT2D eigenvalue weighted by Gasteiger charge is -2.33. The van der Waals surface area contributed by atoms with E-state index in [1.54, 1.807) is 26.4 Å². The van der Waals surface area contributed by atoms with Crippen LogP contribution in [-0.4, -0.2) is 57.2 Å². The number of halogens is 1. The quantitative estimate of drug-likeness (QED) is 0.598. The third kappa shape index (κ3) is 6.02. The number of carbonyl (C=O) groups is 1. The first-order valence-electron chi connectivity index (χ1n) is 9.91. The Morgan fingerprint density at radius 2 is 1.66 bits per heavy atom. The van der Waals surface area contributed by atoms with Crippen LogP contribution in [0.3, 0.4) is 0 Å². The minimum atomic E-state index is -0.321. The molecule has 156 valence electrons. The molecule has 2 aromatic rings. The van der Waals surface area contributed by atoms with Gasteiger partial charge in [-0.15, -0.1) is 0 Å². The lowest BCUT2D eigenvalue weighted by molar-refractivity contribution is 0.0211. The predicted octanol–water partition coefficient (Wildman–Crippen LogP) is 3.82. The number of ketones is 1. The van der Waals surface area contributed by atoms with E-state index in [1.807, 2.05) is 24.3 Å². The Morgan fingerprint density at radius 3 is 2.24 bits per heavy atom. The largest absolute Gasteiger partial charge is 0.497 e. The van der Waals surface area contributed by atoms with Crippen molar-refractivity contribution >= 4 is 5.78 Å². The molecule has 0 amide bonds. The summed E-state index contributed by atoms with van der Waals surface area (Å²) in [5, 5.41) is 0. The number of methoxy groups -OCH3 is 2. The first-order chi connectivity index (χ1) is 14.1. The average molecular weight is 401 g/mol. The van der Waals surface area contributed by atoms with E-state index in [2.05, 4.69) is 4.90 Å². The first-order valence-corrected chi connectivity index (χ1v) is 9.91. The van der Waals surface area contributed by atoms with Gasteiger partial charge in [-0.2, -0.15) is 0 Å². The number of hydrogen-bond acceptors (Lipinski definition) is 5. The van der Waals surface area contributed by atoms with Crippen LogP contribution in [0.15, 0.2) is 48.5 Å². The summed E-state index contributed by atoms with van der Waals surface area (Å²) in [5.74, 6) is 1.35. The Kier molecular flexibility index (Phi) is 7.61. The molecule has 1 unspecified atom stereocenters. The van der Waals surface area contributed by atoms with Crippen LogP contribution < -0.4 is 9.47 Å². The summed E-state index contributed by atoms with van der Waals surface area (Å²) < 4.78 is 29.6. The average Bonchev–Trinajstić information content (AvgIpc) is 2.77. The molecule has 6 heteroatoms. The molecule has 1 fully saturated rings. The summed E-state index contributed by atoms with van der Waals surface area (Å²) in [7, 11) is 3.32. The fourth-order valence-electron chi connectivity index (χ4n) is 3.57. The highest BCUT2D eigenvalue weighted by Gasteiger charge is 2.27. The van der Waals surface area contributed by atoms with E-state index in [0.717, 1.165) is 44.0 Å². The molecule has 29 heavy (non-hydrogen) atoms. The number of nitrogens with zero attached hydrogens (tertiary/aromatic N) is 1. The number of likely N-dealkylation sites (tertiary alicyclic amines) is 1. The number of rotatable bonds is 9. The fourth-order valence-corrected chi connectivity index (χ4v) is 3.57. The molecule has 2 aromatic carbocycles. The van der Waals surface area contributed by atoms with Crippen LogP contribution in [0, 0.1) is 11.7 Å². The van der Waals surface area contributed by atoms with Crippen molar-refractivity contribution in [3.63, 3.8) is 0 Å². The molecule has 0 spiro atoms. The summed E-state index contributed by atoms with van der Waals surface area (Å²) in [4.78, 5) is 14.9. The molecule has 0 aliphatic carbocycles. The summed E-state index contributed by atoms with van der Waals surface area (Å²) in [6, 6.07) is 13.3. The molecule has 1 aliphatic rings. The van der Waals surface area contributed by atoms with Crippen molar-refractivity contribution < 1.29 is 23.4 Å². The van der Waals surface area contributed by atoms with Crippen molar-refractivity contribution in [1.82, 2.24) is 4.90 Å². The third-order valence-electron chi connectivity index (χ3n) is 5.38. The van der Waals surface area contributed by atoms with E-state index < -0.39 is 0 Å². The van der Waals surface area contributed by atoms with Crippen molar-refractivity contribution in [2.75, 3.05) is 40.5 Å². The summed E-state index contributed by atoms with van der Waals surface area (Å²) in [6.45, 7) is 2.88. The van der Waals surface area contributed by atoms with E-state index in [4.69, 9.17) is 14.2 Å². The van der Waals surface area contributed by atoms with Gasteiger partial charge in [0.05, 0.1) is 7.11 Å². The maximum absolute atomic E-state index is 13.1. The van der Waals surface area contributed by atoms with Crippen molar-refractivity contribution in [3.05, 3.63) is 59.9 Å². The highest BCUT2D eigenvalue weighted by atomic mass is 19.1. The molecule has 0 N–H and O–H groups in total. The zero-order valence-electron chi connectivity index (χ0n) is 17.0. The van der Waals surface area contributed by atoms with Gasteiger partial charge in [0.1, 0.15) is 30.0 Å². The second kappa shape index (κ2) is 10.4. The topological polar surface area (TPSA) is 48.0 Å².